The van der Waals surface area contributed by atoms with E-state index in [0.29, 0.717) is 5.56 Å². The van der Waals surface area contributed by atoms with Crippen LogP contribution in [0.4, 0.5) is 4.39 Å². The summed E-state index contributed by atoms with van der Waals surface area (Å²) in [6.07, 6.45) is 0.794. The SMILES string of the molecule is CCOC(=O)C(C)(NC(C)CC)c1cc(F)c(Cl)cc1Cl. The molecule has 0 amide bonds. The molecule has 1 aromatic rings. The van der Waals surface area contributed by atoms with Crippen molar-refractivity contribution < 1.29 is 13.9 Å². The van der Waals surface area contributed by atoms with Gasteiger partial charge in [-0.1, -0.05) is 30.1 Å². The Bertz CT molecular complexity index is 525. The summed E-state index contributed by atoms with van der Waals surface area (Å²) < 4.78 is 18.9. The van der Waals surface area contributed by atoms with E-state index in [1.54, 1.807) is 13.8 Å². The zero-order valence-electron chi connectivity index (χ0n) is 12.6. The highest BCUT2D eigenvalue weighted by Crippen LogP contribution is 2.33. The Morgan fingerprint density at radius 2 is 2.00 bits per heavy atom. The molecule has 21 heavy (non-hydrogen) atoms. The average molecular weight is 336 g/mol. The summed E-state index contributed by atoms with van der Waals surface area (Å²) in [5, 5.41) is 3.29. The Morgan fingerprint density at radius 3 is 2.52 bits per heavy atom. The predicted molar refractivity (Wildman–Crippen MR) is 83.3 cm³/mol. The molecule has 0 radical (unpaired) electrons. The lowest BCUT2D eigenvalue weighted by Crippen LogP contribution is -2.51. The lowest BCUT2D eigenvalue weighted by molar-refractivity contribution is -0.151. The van der Waals surface area contributed by atoms with Gasteiger partial charge >= 0.3 is 5.97 Å². The van der Waals surface area contributed by atoms with E-state index < -0.39 is 17.3 Å². The number of rotatable bonds is 6. The normalized spacial score (nSPS) is 15.4. The number of halogens is 3. The van der Waals surface area contributed by atoms with Crippen LogP contribution < -0.4 is 5.32 Å². The molecule has 118 valence electrons. The van der Waals surface area contributed by atoms with E-state index in [-0.39, 0.29) is 22.7 Å². The van der Waals surface area contributed by atoms with Crippen LogP contribution in [0.2, 0.25) is 10.0 Å². The largest absolute Gasteiger partial charge is 0.464 e. The summed E-state index contributed by atoms with van der Waals surface area (Å²) in [6, 6.07) is 2.50. The third kappa shape index (κ3) is 4.09. The Hall–Kier alpha value is -0.840. The minimum Gasteiger partial charge on any atom is -0.464 e. The van der Waals surface area contributed by atoms with Crippen molar-refractivity contribution in [2.45, 2.75) is 45.7 Å². The molecule has 3 nitrogen and oxygen atoms in total. The first-order valence-electron chi connectivity index (χ1n) is 6.86. The van der Waals surface area contributed by atoms with E-state index in [1.807, 2.05) is 13.8 Å². The van der Waals surface area contributed by atoms with E-state index in [1.165, 1.54) is 12.1 Å². The van der Waals surface area contributed by atoms with Crippen molar-refractivity contribution in [2.24, 2.45) is 0 Å². The molecule has 0 bridgehead atoms. The number of nitrogens with one attached hydrogen (secondary N) is 1. The van der Waals surface area contributed by atoms with Crippen LogP contribution in [0.3, 0.4) is 0 Å². The van der Waals surface area contributed by atoms with Crippen LogP contribution in [0.5, 0.6) is 0 Å². The van der Waals surface area contributed by atoms with Crippen LogP contribution in [0, 0.1) is 5.82 Å². The van der Waals surface area contributed by atoms with Gasteiger partial charge in [0.15, 0.2) is 0 Å². The second-order valence-corrected chi connectivity index (χ2v) is 5.86. The third-order valence-corrected chi connectivity index (χ3v) is 3.98. The van der Waals surface area contributed by atoms with Crippen LogP contribution in [-0.2, 0) is 15.1 Å². The van der Waals surface area contributed by atoms with Gasteiger partial charge < -0.3 is 4.74 Å². The summed E-state index contributed by atoms with van der Waals surface area (Å²) in [6.45, 7) is 7.48. The van der Waals surface area contributed by atoms with Crippen molar-refractivity contribution in [2.75, 3.05) is 6.61 Å². The Balaban J connectivity index is 3.36. The van der Waals surface area contributed by atoms with Gasteiger partial charge in [0, 0.05) is 16.6 Å². The molecule has 0 saturated carbocycles. The first-order valence-corrected chi connectivity index (χ1v) is 7.61. The average Bonchev–Trinajstić information content (AvgIpc) is 2.42. The van der Waals surface area contributed by atoms with Crippen LogP contribution in [0.25, 0.3) is 0 Å². The maximum Gasteiger partial charge on any atom is 0.330 e. The Labute approximate surface area is 134 Å². The monoisotopic (exact) mass is 335 g/mol. The number of carbonyl (C=O) groups excluding carboxylic acids is 1. The van der Waals surface area contributed by atoms with E-state index in [0.717, 1.165) is 6.42 Å². The first-order chi connectivity index (χ1) is 9.76. The molecule has 2 atom stereocenters. The molecule has 2 unspecified atom stereocenters. The zero-order valence-corrected chi connectivity index (χ0v) is 14.1. The molecule has 0 fully saturated rings. The molecule has 0 saturated heterocycles. The summed E-state index contributed by atoms with van der Waals surface area (Å²) in [5.74, 6) is -1.13. The molecule has 0 aliphatic carbocycles. The van der Waals surface area contributed by atoms with Gasteiger partial charge in [0.1, 0.15) is 11.4 Å². The van der Waals surface area contributed by atoms with Gasteiger partial charge in [-0.2, -0.15) is 0 Å². The van der Waals surface area contributed by atoms with Crippen molar-refractivity contribution in [3.63, 3.8) is 0 Å². The van der Waals surface area contributed by atoms with Gasteiger partial charge in [-0.25, -0.2) is 9.18 Å². The van der Waals surface area contributed by atoms with Crippen LogP contribution >= 0.6 is 23.2 Å². The lowest BCUT2D eigenvalue weighted by atomic mass is 9.90. The predicted octanol–water partition coefficient (Wildman–Crippen LogP) is 4.30. The van der Waals surface area contributed by atoms with Crippen molar-refractivity contribution in [1.29, 1.82) is 0 Å². The fourth-order valence-corrected chi connectivity index (χ4v) is 2.59. The number of esters is 1. The van der Waals surface area contributed by atoms with Gasteiger partial charge in [-0.15, -0.1) is 0 Å². The third-order valence-electron chi connectivity index (χ3n) is 3.38. The number of hydrogen-bond donors (Lipinski definition) is 1. The van der Waals surface area contributed by atoms with Gasteiger partial charge in [0.2, 0.25) is 0 Å². The topological polar surface area (TPSA) is 38.3 Å². The van der Waals surface area contributed by atoms with Crippen LogP contribution in [0.1, 0.15) is 39.7 Å². The molecule has 0 aromatic heterocycles. The molecule has 0 heterocycles. The summed E-state index contributed by atoms with van der Waals surface area (Å²) in [4.78, 5) is 12.4. The van der Waals surface area contributed by atoms with Crippen LogP contribution in [0.15, 0.2) is 12.1 Å². The van der Waals surface area contributed by atoms with Gasteiger partial charge in [0.05, 0.1) is 11.6 Å². The lowest BCUT2D eigenvalue weighted by Gasteiger charge is -2.32. The number of hydrogen-bond acceptors (Lipinski definition) is 3. The molecule has 1 rings (SSSR count). The molecule has 0 aliphatic heterocycles. The quantitative estimate of drug-likeness (QED) is 0.622. The fraction of sp³-hybridized carbons (Fsp3) is 0.533. The second-order valence-electron chi connectivity index (χ2n) is 5.05. The first kappa shape index (κ1) is 18.2. The summed E-state index contributed by atoms with van der Waals surface area (Å²) in [7, 11) is 0. The van der Waals surface area contributed by atoms with Crippen molar-refractivity contribution in [3.8, 4) is 0 Å². The molecule has 1 aromatic carbocycles. The smallest absolute Gasteiger partial charge is 0.330 e. The van der Waals surface area contributed by atoms with E-state index in [4.69, 9.17) is 27.9 Å². The summed E-state index contributed by atoms with van der Waals surface area (Å²) in [5.41, 5.74) is -0.932. The number of benzene rings is 1. The maximum atomic E-state index is 13.8. The minimum atomic E-state index is -1.24. The Morgan fingerprint density at radius 1 is 1.38 bits per heavy atom. The minimum absolute atomic E-state index is 0.0224. The van der Waals surface area contributed by atoms with Crippen LogP contribution in [-0.4, -0.2) is 18.6 Å². The molecule has 0 aliphatic rings. The highest BCUT2D eigenvalue weighted by molar-refractivity contribution is 6.35. The van der Waals surface area contributed by atoms with Gasteiger partial charge in [-0.05, 0) is 39.3 Å². The Kier molecular flexibility index (Phi) is 6.44. The molecule has 0 spiro atoms. The number of carbonyl (C=O) groups is 1. The molecular weight excluding hydrogens is 316 g/mol. The maximum absolute atomic E-state index is 13.8. The molecule has 1 N–H and O–H groups in total. The fourth-order valence-electron chi connectivity index (χ4n) is 2.02. The summed E-state index contributed by atoms with van der Waals surface area (Å²) >= 11 is 11.9. The van der Waals surface area contributed by atoms with Gasteiger partial charge in [0.25, 0.3) is 0 Å². The zero-order chi connectivity index (χ0) is 16.2. The second kappa shape index (κ2) is 7.43. The van der Waals surface area contributed by atoms with E-state index in [9.17, 15) is 9.18 Å². The standard InChI is InChI=1S/C15H20Cl2FNO2/c1-5-9(3)19-15(4,14(20)21-6-2)10-7-13(18)12(17)8-11(10)16/h7-9,19H,5-6H2,1-4H3. The highest BCUT2D eigenvalue weighted by atomic mass is 35.5. The van der Waals surface area contributed by atoms with Gasteiger partial charge in [-0.3, -0.25) is 5.32 Å². The van der Waals surface area contributed by atoms with Crippen molar-refractivity contribution in [1.82, 2.24) is 5.32 Å². The van der Waals surface area contributed by atoms with Crippen molar-refractivity contribution >= 4 is 29.2 Å². The number of ether oxygens (including phenoxy) is 1. The molecular formula is C15H20Cl2FNO2. The highest BCUT2D eigenvalue weighted by Gasteiger charge is 2.39. The van der Waals surface area contributed by atoms with E-state index in [2.05, 4.69) is 5.32 Å². The van der Waals surface area contributed by atoms with E-state index >= 15 is 0 Å². The van der Waals surface area contributed by atoms with Crippen molar-refractivity contribution in [3.05, 3.63) is 33.6 Å². The molecule has 6 heteroatoms.